The molecule has 3 N–H and O–H groups in total. The third kappa shape index (κ3) is 3.32. The molecule has 0 aliphatic heterocycles. The Balaban J connectivity index is 1.72. The highest BCUT2D eigenvalue weighted by Gasteiger charge is 2.16. The summed E-state index contributed by atoms with van der Waals surface area (Å²) in [5, 5.41) is 15.5. The molecule has 0 radical (unpaired) electrons. The van der Waals surface area contributed by atoms with Gasteiger partial charge < -0.3 is 15.4 Å². The second-order valence-corrected chi connectivity index (χ2v) is 5.93. The van der Waals surface area contributed by atoms with Gasteiger partial charge in [-0.05, 0) is 40.6 Å². The first kappa shape index (κ1) is 13.9. The predicted molar refractivity (Wildman–Crippen MR) is 84.5 cm³/mol. The molecule has 5 heteroatoms. The Labute approximate surface area is 126 Å². The number of carbonyl (C=O) groups is 1. The van der Waals surface area contributed by atoms with Gasteiger partial charge in [0.15, 0.2) is 0 Å². The first-order chi connectivity index (χ1) is 10.2. The molecule has 0 saturated carbocycles. The van der Waals surface area contributed by atoms with E-state index in [-0.39, 0.29) is 12.5 Å². The summed E-state index contributed by atoms with van der Waals surface area (Å²) >= 11 is 1.58. The quantitative estimate of drug-likeness (QED) is 0.652. The smallest absolute Gasteiger partial charge is 0.305 e. The molecule has 3 aromatic rings. The van der Waals surface area contributed by atoms with E-state index in [1.807, 2.05) is 35.8 Å². The molecule has 0 aliphatic rings. The maximum absolute atomic E-state index is 11.0. The van der Waals surface area contributed by atoms with Crippen LogP contribution in [0.4, 0.5) is 0 Å². The molecular weight excluding hydrogens is 284 g/mol. The van der Waals surface area contributed by atoms with Gasteiger partial charge in [0.05, 0.1) is 12.5 Å². The van der Waals surface area contributed by atoms with E-state index in [0.29, 0.717) is 6.54 Å². The van der Waals surface area contributed by atoms with Gasteiger partial charge in [-0.2, -0.15) is 0 Å². The summed E-state index contributed by atoms with van der Waals surface area (Å²) in [7, 11) is 0. The number of thiophene rings is 1. The van der Waals surface area contributed by atoms with Gasteiger partial charge in [-0.1, -0.05) is 12.1 Å². The van der Waals surface area contributed by atoms with Crippen molar-refractivity contribution < 1.29 is 9.90 Å². The molecule has 2 heterocycles. The predicted octanol–water partition coefficient (Wildman–Crippen LogP) is 3.54. The number of hydrogen-bond acceptors (Lipinski definition) is 3. The summed E-state index contributed by atoms with van der Waals surface area (Å²) in [6.07, 6.45) is 2.01. The number of benzene rings is 1. The molecule has 0 spiro atoms. The fourth-order valence-electron chi connectivity index (χ4n) is 2.39. The minimum Gasteiger partial charge on any atom is -0.481 e. The van der Waals surface area contributed by atoms with Gasteiger partial charge in [-0.25, -0.2) is 0 Å². The van der Waals surface area contributed by atoms with Crippen LogP contribution >= 0.6 is 11.3 Å². The molecule has 108 valence electrons. The van der Waals surface area contributed by atoms with Crippen LogP contribution in [-0.4, -0.2) is 16.1 Å². The van der Waals surface area contributed by atoms with Crippen LogP contribution in [0.15, 0.2) is 48.0 Å². The van der Waals surface area contributed by atoms with E-state index in [1.54, 1.807) is 11.3 Å². The summed E-state index contributed by atoms with van der Waals surface area (Å²) in [6.45, 7) is 0.650. The van der Waals surface area contributed by atoms with Gasteiger partial charge in [-0.15, -0.1) is 11.3 Å². The first-order valence-corrected chi connectivity index (χ1v) is 7.65. The van der Waals surface area contributed by atoms with E-state index < -0.39 is 5.97 Å². The maximum atomic E-state index is 11.0. The molecule has 21 heavy (non-hydrogen) atoms. The van der Waals surface area contributed by atoms with Crippen LogP contribution in [0.25, 0.3) is 10.9 Å². The Morgan fingerprint density at radius 3 is 3.00 bits per heavy atom. The molecular formula is C16H16N2O2S. The van der Waals surface area contributed by atoms with E-state index >= 15 is 0 Å². The molecule has 1 unspecified atom stereocenters. The summed E-state index contributed by atoms with van der Waals surface area (Å²) in [5.74, 6) is -0.790. The number of hydrogen-bond donors (Lipinski definition) is 3. The molecule has 3 rings (SSSR count). The molecule has 0 fully saturated rings. The van der Waals surface area contributed by atoms with Gasteiger partial charge in [0.2, 0.25) is 0 Å². The Morgan fingerprint density at radius 2 is 2.24 bits per heavy atom. The molecule has 0 aliphatic carbocycles. The van der Waals surface area contributed by atoms with Crippen LogP contribution < -0.4 is 5.32 Å². The lowest BCUT2D eigenvalue weighted by molar-refractivity contribution is -0.137. The zero-order valence-electron chi connectivity index (χ0n) is 11.4. The molecule has 1 aromatic carbocycles. The number of aliphatic carboxylic acids is 1. The Bertz CT molecular complexity index is 734. The van der Waals surface area contributed by atoms with Crippen LogP contribution in [0.1, 0.15) is 22.9 Å². The van der Waals surface area contributed by atoms with E-state index in [1.165, 1.54) is 5.39 Å². The number of nitrogens with one attached hydrogen (secondary N) is 2. The lowest BCUT2D eigenvalue weighted by Crippen LogP contribution is -2.22. The standard InChI is InChI=1S/C16H16N2O2S/c19-16(20)9-14(15-2-1-7-21-15)18-10-11-3-4-13-12(8-11)5-6-17-13/h1-8,14,17-18H,9-10H2,(H,19,20). The Morgan fingerprint density at radius 1 is 1.33 bits per heavy atom. The second-order valence-electron chi connectivity index (χ2n) is 4.95. The third-order valence-corrected chi connectivity index (χ3v) is 4.42. The van der Waals surface area contributed by atoms with Crippen molar-refractivity contribution in [3.05, 3.63) is 58.4 Å². The zero-order chi connectivity index (χ0) is 14.7. The van der Waals surface area contributed by atoms with Crippen molar-refractivity contribution in [2.24, 2.45) is 0 Å². The number of fused-ring (bicyclic) bond motifs is 1. The summed E-state index contributed by atoms with van der Waals surface area (Å²) in [5.41, 5.74) is 2.26. The van der Waals surface area contributed by atoms with E-state index in [9.17, 15) is 4.79 Å². The number of carboxylic acids is 1. The highest BCUT2D eigenvalue weighted by Crippen LogP contribution is 2.23. The number of carboxylic acid groups (broad SMARTS) is 1. The van der Waals surface area contributed by atoms with Crippen molar-refractivity contribution in [1.29, 1.82) is 0 Å². The molecule has 0 bridgehead atoms. The zero-order valence-corrected chi connectivity index (χ0v) is 12.2. The number of rotatable bonds is 6. The van der Waals surface area contributed by atoms with E-state index in [2.05, 4.69) is 22.4 Å². The average molecular weight is 300 g/mol. The van der Waals surface area contributed by atoms with Gasteiger partial charge in [-0.3, -0.25) is 4.79 Å². The van der Waals surface area contributed by atoms with Crippen LogP contribution in [0.3, 0.4) is 0 Å². The Hall–Kier alpha value is -2.11. The van der Waals surface area contributed by atoms with E-state index in [4.69, 9.17) is 5.11 Å². The summed E-state index contributed by atoms with van der Waals surface area (Å²) < 4.78 is 0. The summed E-state index contributed by atoms with van der Waals surface area (Å²) in [6, 6.07) is 12.0. The van der Waals surface area contributed by atoms with Crippen LogP contribution in [0.2, 0.25) is 0 Å². The fourth-order valence-corrected chi connectivity index (χ4v) is 3.19. The SMILES string of the molecule is O=C(O)CC(NCc1ccc2[nH]ccc2c1)c1cccs1. The lowest BCUT2D eigenvalue weighted by atomic mass is 10.1. The van der Waals surface area contributed by atoms with Crippen molar-refractivity contribution in [3.63, 3.8) is 0 Å². The fraction of sp³-hybridized carbons (Fsp3) is 0.188. The van der Waals surface area contributed by atoms with Gasteiger partial charge in [0.1, 0.15) is 0 Å². The highest BCUT2D eigenvalue weighted by molar-refractivity contribution is 7.10. The Kier molecular flexibility index (Phi) is 4.03. The van der Waals surface area contributed by atoms with Crippen molar-refractivity contribution in [2.75, 3.05) is 0 Å². The largest absolute Gasteiger partial charge is 0.481 e. The number of aromatic nitrogens is 1. The number of H-pyrrole nitrogens is 1. The van der Waals surface area contributed by atoms with E-state index in [0.717, 1.165) is 16.0 Å². The van der Waals surface area contributed by atoms with Crippen molar-refractivity contribution in [1.82, 2.24) is 10.3 Å². The highest BCUT2D eigenvalue weighted by atomic mass is 32.1. The lowest BCUT2D eigenvalue weighted by Gasteiger charge is -2.15. The first-order valence-electron chi connectivity index (χ1n) is 6.77. The molecule has 2 aromatic heterocycles. The van der Waals surface area contributed by atoms with Gasteiger partial charge >= 0.3 is 5.97 Å². The third-order valence-electron chi connectivity index (χ3n) is 3.44. The topological polar surface area (TPSA) is 65.1 Å². The normalized spacial score (nSPS) is 12.6. The van der Waals surface area contributed by atoms with Crippen molar-refractivity contribution in [2.45, 2.75) is 19.0 Å². The second kappa shape index (κ2) is 6.11. The van der Waals surface area contributed by atoms with Crippen LogP contribution in [0, 0.1) is 0 Å². The monoisotopic (exact) mass is 300 g/mol. The van der Waals surface area contributed by atoms with Crippen molar-refractivity contribution in [3.8, 4) is 0 Å². The molecule has 4 nitrogen and oxygen atoms in total. The maximum Gasteiger partial charge on any atom is 0.305 e. The number of aromatic amines is 1. The summed E-state index contributed by atoms with van der Waals surface area (Å²) in [4.78, 5) is 15.2. The minimum absolute atomic E-state index is 0.0902. The van der Waals surface area contributed by atoms with Gasteiger partial charge in [0.25, 0.3) is 0 Å². The van der Waals surface area contributed by atoms with Gasteiger partial charge in [0, 0.05) is 23.1 Å². The average Bonchev–Trinajstić information content (AvgIpc) is 3.13. The molecule has 1 atom stereocenters. The molecule has 0 saturated heterocycles. The van der Waals surface area contributed by atoms with Crippen LogP contribution in [-0.2, 0) is 11.3 Å². The van der Waals surface area contributed by atoms with Crippen molar-refractivity contribution >= 4 is 28.2 Å². The molecule has 0 amide bonds. The minimum atomic E-state index is -0.790. The van der Waals surface area contributed by atoms with Crippen LogP contribution in [0.5, 0.6) is 0 Å².